The lowest BCUT2D eigenvalue weighted by Crippen LogP contribution is -2.36. The second-order valence-electron chi connectivity index (χ2n) is 5.50. The Kier molecular flexibility index (Phi) is 4.48. The van der Waals surface area contributed by atoms with Crippen molar-refractivity contribution >= 4 is 22.9 Å². The molecule has 1 aromatic carbocycles. The molecule has 2 heterocycles. The lowest BCUT2D eigenvalue weighted by molar-refractivity contribution is 0.0937. The molecule has 24 heavy (non-hydrogen) atoms. The second-order valence-corrected chi connectivity index (χ2v) is 6.79. The van der Waals surface area contributed by atoms with Crippen LogP contribution < -0.4 is 10.9 Å². The second kappa shape index (κ2) is 6.72. The molecule has 6 heteroatoms. The zero-order chi connectivity index (χ0) is 17.1. The summed E-state index contributed by atoms with van der Waals surface area (Å²) in [4.78, 5) is 14.5. The third-order valence-corrected chi connectivity index (χ3v) is 4.58. The number of nitrogens with zero attached hydrogens (tertiary/aromatic N) is 1. The lowest BCUT2D eigenvalue weighted by Gasteiger charge is -2.10. The van der Waals surface area contributed by atoms with E-state index in [4.69, 9.17) is 0 Å². The van der Waals surface area contributed by atoms with E-state index in [9.17, 15) is 4.79 Å². The third kappa shape index (κ3) is 3.55. The van der Waals surface area contributed by atoms with E-state index in [1.54, 1.807) is 17.4 Å². The molecule has 2 aromatic heterocycles. The van der Waals surface area contributed by atoms with Gasteiger partial charge in [0.15, 0.2) is 5.69 Å². The van der Waals surface area contributed by atoms with Crippen molar-refractivity contribution in [1.29, 1.82) is 0 Å². The molecule has 0 aliphatic rings. The topological polar surface area (TPSA) is 69.8 Å². The van der Waals surface area contributed by atoms with Crippen molar-refractivity contribution < 1.29 is 4.79 Å². The molecule has 0 aliphatic carbocycles. The molecule has 3 rings (SSSR count). The number of aryl methyl sites for hydroxylation is 2. The molecule has 0 radical (unpaired) electrons. The minimum absolute atomic E-state index is 0.320. The summed E-state index contributed by atoms with van der Waals surface area (Å²) in [7, 11) is 0. The Morgan fingerprint density at radius 2 is 1.88 bits per heavy atom. The van der Waals surface area contributed by atoms with Crippen molar-refractivity contribution in [2.24, 2.45) is 0 Å². The maximum Gasteiger partial charge on any atom is 0.290 e. The van der Waals surface area contributed by atoms with E-state index in [1.165, 1.54) is 10.4 Å². The van der Waals surface area contributed by atoms with Crippen molar-refractivity contribution in [3.63, 3.8) is 0 Å². The number of amides is 1. The van der Waals surface area contributed by atoms with Gasteiger partial charge in [0.2, 0.25) is 0 Å². The minimum atomic E-state index is -0.320. The van der Waals surface area contributed by atoms with E-state index in [-0.39, 0.29) is 5.91 Å². The van der Waals surface area contributed by atoms with Crippen LogP contribution in [0.1, 0.15) is 26.5 Å². The van der Waals surface area contributed by atoms with Gasteiger partial charge in [0.05, 0.1) is 16.3 Å². The van der Waals surface area contributed by atoms with Crippen LogP contribution in [0.5, 0.6) is 0 Å². The predicted octanol–water partition coefficient (Wildman–Crippen LogP) is 3.66. The fourth-order valence-electron chi connectivity index (χ4n) is 2.17. The Morgan fingerprint density at radius 1 is 1.12 bits per heavy atom. The number of aromatic nitrogens is 2. The molecule has 0 spiro atoms. The summed E-state index contributed by atoms with van der Waals surface area (Å²) in [5.41, 5.74) is 9.29. The van der Waals surface area contributed by atoms with E-state index in [0.717, 1.165) is 16.1 Å². The third-order valence-electron chi connectivity index (χ3n) is 3.54. The van der Waals surface area contributed by atoms with Crippen LogP contribution in [0.4, 0.5) is 0 Å². The largest absolute Gasteiger partial charge is 0.298 e. The number of carbonyl (C=O) groups is 1. The summed E-state index contributed by atoms with van der Waals surface area (Å²) in [6.45, 7) is 7.98. The number of nitrogens with one attached hydrogen (secondary N) is 3. The van der Waals surface area contributed by atoms with Crippen LogP contribution in [0.25, 0.3) is 16.3 Å². The van der Waals surface area contributed by atoms with Crippen LogP contribution in [0.2, 0.25) is 0 Å². The first kappa shape index (κ1) is 16.0. The van der Waals surface area contributed by atoms with Gasteiger partial charge in [-0.05, 0) is 37.6 Å². The Bertz CT molecular complexity index is 877. The van der Waals surface area contributed by atoms with Crippen LogP contribution in [-0.2, 0) is 0 Å². The first-order chi connectivity index (χ1) is 11.5. The molecule has 0 saturated carbocycles. The number of aromatic amines is 1. The summed E-state index contributed by atoms with van der Waals surface area (Å²) < 4.78 is 0. The monoisotopic (exact) mass is 338 g/mol. The van der Waals surface area contributed by atoms with E-state index in [1.807, 2.05) is 50.2 Å². The van der Waals surface area contributed by atoms with E-state index >= 15 is 0 Å². The fraction of sp³-hybridized carbons (Fsp3) is 0.111. The maximum absolute atomic E-state index is 12.2. The molecule has 3 aromatic rings. The van der Waals surface area contributed by atoms with Crippen LogP contribution in [0, 0.1) is 13.8 Å². The van der Waals surface area contributed by atoms with E-state index in [2.05, 4.69) is 27.6 Å². The molecule has 0 unspecified atom stereocenters. The normalized spacial score (nSPS) is 10.4. The van der Waals surface area contributed by atoms with E-state index in [0.29, 0.717) is 11.4 Å². The molecule has 0 fully saturated rings. The predicted molar refractivity (Wildman–Crippen MR) is 97.5 cm³/mol. The molecule has 3 N–H and O–H groups in total. The molecule has 5 nitrogen and oxygen atoms in total. The van der Waals surface area contributed by atoms with Gasteiger partial charge in [0, 0.05) is 4.88 Å². The smallest absolute Gasteiger partial charge is 0.290 e. The number of hydrogen-bond acceptors (Lipinski definition) is 4. The number of thiophene rings is 1. The summed E-state index contributed by atoms with van der Waals surface area (Å²) in [5, 5.41) is 6.96. The average Bonchev–Trinajstić information content (AvgIpc) is 3.22. The molecule has 1 amide bonds. The van der Waals surface area contributed by atoms with Gasteiger partial charge in [-0.15, -0.1) is 11.3 Å². The van der Waals surface area contributed by atoms with Gasteiger partial charge in [-0.1, -0.05) is 36.4 Å². The Morgan fingerprint density at radius 3 is 2.54 bits per heavy atom. The molecule has 0 aliphatic heterocycles. The fourth-order valence-corrected chi connectivity index (χ4v) is 3.00. The molecule has 0 bridgehead atoms. The number of hydrazine groups is 1. The van der Waals surface area contributed by atoms with Crippen molar-refractivity contribution in [1.82, 2.24) is 21.0 Å². The standard InChI is InChI=1S/C18H18N4OS/c1-11-4-7-14(8-5-11)13(3)19-22-18(23)16-10-15(20-21-16)17-9-6-12(2)24-17/h4-10,19H,3H2,1-2H3,(H,20,21)(H,22,23). The van der Waals surface area contributed by atoms with Gasteiger partial charge in [0.25, 0.3) is 5.91 Å². The first-order valence-corrected chi connectivity index (χ1v) is 8.29. The van der Waals surface area contributed by atoms with Crippen molar-refractivity contribution in [3.8, 4) is 10.6 Å². The summed E-state index contributed by atoms with van der Waals surface area (Å²) in [5.74, 6) is -0.320. The number of carbonyl (C=O) groups excluding carboxylic acids is 1. The SMILES string of the molecule is C=C(NNC(=O)c1cc(-c2ccc(C)s2)[nH]n1)c1ccc(C)cc1. The highest BCUT2D eigenvalue weighted by Gasteiger charge is 2.12. The van der Waals surface area contributed by atoms with Crippen molar-refractivity contribution in [3.05, 3.63) is 70.7 Å². The van der Waals surface area contributed by atoms with Gasteiger partial charge in [-0.3, -0.25) is 20.7 Å². The highest BCUT2D eigenvalue weighted by atomic mass is 32.1. The van der Waals surface area contributed by atoms with Crippen LogP contribution in [0.15, 0.2) is 49.0 Å². The van der Waals surface area contributed by atoms with Gasteiger partial charge in [-0.25, -0.2) is 0 Å². The number of benzene rings is 1. The van der Waals surface area contributed by atoms with Gasteiger partial charge in [-0.2, -0.15) is 5.10 Å². The quantitative estimate of drug-likeness (QED) is 0.622. The maximum atomic E-state index is 12.2. The minimum Gasteiger partial charge on any atom is -0.298 e. The highest BCUT2D eigenvalue weighted by Crippen LogP contribution is 2.26. The number of rotatable bonds is 5. The summed E-state index contributed by atoms with van der Waals surface area (Å²) in [6, 6.07) is 13.7. The molecule has 0 saturated heterocycles. The van der Waals surface area contributed by atoms with Gasteiger partial charge >= 0.3 is 0 Å². The molecule has 0 atom stereocenters. The Hall–Kier alpha value is -2.86. The first-order valence-electron chi connectivity index (χ1n) is 7.47. The zero-order valence-electron chi connectivity index (χ0n) is 13.5. The number of hydrogen-bond donors (Lipinski definition) is 3. The Labute approximate surface area is 144 Å². The highest BCUT2D eigenvalue weighted by molar-refractivity contribution is 7.15. The summed E-state index contributed by atoms with van der Waals surface area (Å²) >= 11 is 1.65. The van der Waals surface area contributed by atoms with Crippen LogP contribution >= 0.6 is 11.3 Å². The van der Waals surface area contributed by atoms with Crippen LogP contribution in [-0.4, -0.2) is 16.1 Å². The van der Waals surface area contributed by atoms with Crippen molar-refractivity contribution in [2.45, 2.75) is 13.8 Å². The molecular formula is C18H18N4OS. The van der Waals surface area contributed by atoms with Crippen molar-refractivity contribution in [2.75, 3.05) is 0 Å². The number of H-pyrrole nitrogens is 1. The van der Waals surface area contributed by atoms with Gasteiger partial charge in [0.1, 0.15) is 0 Å². The van der Waals surface area contributed by atoms with Gasteiger partial charge < -0.3 is 0 Å². The lowest BCUT2D eigenvalue weighted by atomic mass is 10.1. The Balaban J connectivity index is 1.62. The average molecular weight is 338 g/mol. The molecular weight excluding hydrogens is 320 g/mol. The summed E-state index contributed by atoms with van der Waals surface area (Å²) in [6.07, 6.45) is 0. The zero-order valence-corrected chi connectivity index (χ0v) is 14.3. The van der Waals surface area contributed by atoms with Crippen LogP contribution in [0.3, 0.4) is 0 Å². The van der Waals surface area contributed by atoms with E-state index < -0.39 is 0 Å². The molecule has 122 valence electrons.